The largest absolute Gasteiger partial charge is 0.495 e. The second-order valence-corrected chi connectivity index (χ2v) is 8.93. The number of nitrogens with two attached hydrogens (primary N) is 1. The van der Waals surface area contributed by atoms with Crippen LogP contribution < -0.4 is 20.9 Å². The van der Waals surface area contributed by atoms with Gasteiger partial charge in [-0.25, -0.2) is 5.84 Å². The van der Waals surface area contributed by atoms with Crippen molar-refractivity contribution in [1.82, 2.24) is 5.43 Å². The number of nitrogen functional groups attached to an aromatic ring is 1. The van der Waals surface area contributed by atoms with Crippen molar-refractivity contribution in [3.63, 3.8) is 0 Å². The molecule has 0 aromatic heterocycles. The number of hydrogen-bond acceptors (Lipinski definition) is 4. The van der Waals surface area contributed by atoms with Crippen LogP contribution in [0.25, 0.3) is 11.1 Å². The zero-order valence-electron chi connectivity index (χ0n) is 19.5. The van der Waals surface area contributed by atoms with E-state index in [2.05, 4.69) is 60.6 Å². The van der Waals surface area contributed by atoms with Crippen molar-refractivity contribution in [3.8, 4) is 16.9 Å². The third kappa shape index (κ3) is 3.42. The minimum atomic E-state index is -0.310. The fourth-order valence-corrected chi connectivity index (χ4v) is 4.89. The van der Waals surface area contributed by atoms with E-state index in [0.717, 1.165) is 39.5 Å². The molecular formula is C29H27N3O2. The Hall–Kier alpha value is -4.09. The monoisotopic (exact) mass is 449 g/mol. The molecule has 5 nitrogen and oxygen atoms in total. The van der Waals surface area contributed by atoms with Crippen LogP contribution >= 0.6 is 0 Å². The fraction of sp³-hybridized carbons (Fsp3) is 0.138. The second-order valence-electron chi connectivity index (χ2n) is 8.93. The van der Waals surface area contributed by atoms with Gasteiger partial charge in [0.05, 0.1) is 12.8 Å². The smallest absolute Gasteiger partial charge is 0.265 e. The summed E-state index contributed by atoms with van der Waals surface area (Å²) in [5.74, 6) is 5.86. The second kappa shape index (κ2) is 8.36. The summed E-state index contributed by atoms with van der Waals surface area (Å²) in [7, 11) is 1.70. The Morgan fingerprint density at radius 2 is 1.41 bits per heavy atom. The van der Waals surface area contributed by atoms with Crippen LogP contribution in [0.4, 0.5) is 17.1 Å². The van der Waals surface area contributed by atoms with Crippen molar-refractivity contribution in [2.45, 2.75) is 19.3 Å². The van der Waals surface area contributed by atoms with Crippen LogP contribution in [0.5, 0.6) is 5.75 Å². The first-order chi connectivity index (χ1) is 16.5. The van der Waals surface area contributed by atoms with Crippen LogP contribution in [0.15, 0.2) is 91.0 Å². The van der Waals surface area contributed by atoms with Gasteiger partial charge in [0.1, 0.15) is 5.75 Å². The van der Waals surface area contributed by atoms with Crippen molar-refractivity contribution < 1.29 is 9.53 Å². The number of carbonyl (C=O) groups excluding carboxylic acids is 1. The Labute approximate surface area is 199 Å². The van der Waals surface area contributed by atoms with E-state index in [-0.39, 0.29) is 11.3 Å². The molecule has 0 unspecified atom stereocenters. The summed E-state index contributed by atoms with van der Waals surface area (Å²) in [4.78, 5) is 14.4. The quantitative estimate of drug-likeness (QED) is 0.220. The van der Waals surface area contributed by atoms with E-state index < -0.39 is 0 Å². The highest BCUT2D eigenvalue weighted by Crippen LogP contribution is 2.53. The van der Waals surface area contributed by atoms with E-state index in [1.165, 1.54) is 5.56 Å². The molecule has 1 aliphatic rings. The number of para-hydroxylation sites is 2. The number of benzene rings is 4. The Morgan fingerprint density at radius 3 is 1.97 bits per heavy atom. The molecule has 1 aliphatic carbocycles. The maximum Gasteiger partial charge on any atom is 0.265 e. The van der Waals surface area contributed by atoms with Gasteiger partial charge >= 0.3 is 0 Å². The first-order valence-corrected chi connectivity index (χ1v) is 11.2. The van der Waals surface area contributed by atoms with Crippen LogP contribution in [-0.4, -0.2) is 13.0 Å². The van der Waals surface area contributed by atoms with E-state index in [9.17, 15) is 4.79 Å². The SMILES string of the molecule is COc1cc2c(cc1N(c1ccccc1)c1ccccc1)C(C)(C)c1cc(C(=O)NN)ccc1-2. The molecule has 1 amide bonds. The van der Waals surface area contributed by atoms with Gasteiger partial charge in [-0.2, -0.15) is 0 Å². The third-order valence-electron chi connectivity index (χ3n) is 6.64. The molecule has 0 saturated heterocycles. The van der Waals surface area contributed by atoms with Gasteiger partial charge in [0.25, 0.3) is 5.91 Å². The first kappa shape index (κ1) is 21.7. The van der Waals surface area contributed by atoms with Gasteiger partial charge < -0.3 is 9.64 Å². The van der Waals surface area contributed by atoms with Crippen LogP contribution in [0, 0.1) is 0 Å². The van der Waals surface area contributed by atoms with Crippen molar-refractivity contribution in [3.05, 3.63) is 108 Å². The summed E-state index contributed by atoms with van der Waals surface area (Å²) >= 11 is 0. The normalized spacial score (nSPS) is 13.1. The van der Waals surface area contributed by atoms with Crippen LogP contribution in [0.3, 0.4) is 0 Å². The molecular weight excluding hydrogens is 422 g/mol. The number of nitrogens with zero attached hydrogens (tertiary/aromatic N) is 1. The number of amides is 1. The molecule has 0 radical (unpaired) electrons. The molecule has 3 N–H and O–H groups in total. The Bertz CT molecular complexity index is 1330. The number of hydrogen-bond donors (Lipinski definition) is 2. The number of methoxy groups -OCH3 is 1. The molecule has 0 saturated carbocycles. The maximum absolute atomic E-state index is 12.2. The highest BCUT2D eigenvalue weighted by atomic mass is 16.5. The van der Waals surface area contributed by atoms with Gasteiger partial charge in [-0.1, -0.05) is 56.3 Å². The fourth-order valence-electron chi connectivity index (χ4n) is 4.89. The molecule has 0 aliphatic heterocycles. The lowest BCUT2D eigenvalue weighted by molar-refractivity contribution is 0.0953. The van der Waals surface area contributed by atoms with Gasteiger partial charge in [-0.05, 0) is 70.8 Å². The van der Waals surface area contributed by atoms with Crippen molar-refractivity contribution in [2.75, 3.05) is 12.0 Å². The molecule has 0 fully saturated rings. The summed E-state index contributed by atoms with van der Waals surface area (Å²) in [5, 5.41) is 0. The molecule has 0 spiro atoms. The van der Waals surface area contributed by atoms with E-state index in [4.69, 9.17) is 10.6 Å². The number of hydrazine groups is 1. The van der Waals surface area contributed by atoms with Gasteiger partial charge in [0, 0.05) is 22.4 Å². The average molecular weight is 450 g/mol. The van der Waals surface area contributed by atoms with Crippen molar-refractivity contribution >= 4 is 23.0 Å². The van der Waals surface area contributed by atoms with Gasteiger partial charge in [-0.15, -0.1) is 0 Å². The minimum Gasteiger partial charge on any atom is -0.495 e. The number of rotatable bonds is 5. The molecule has 0 atom stereocenters. The number of ether oxygens (including phenoxy) is 1. The molecule has 4 aromatic rings. The van der Waals surface area contributed by atoms with E-state index in [1.807, 2.05) is 54.6 Å². The van der Waals surface area contributed by atoms with Crippen LogP contribution in [0.1, 0.15) is 35.3 Å². The summed E-state index contributed by atoms with van der Waals surface area (Å²) < 4.78 is 5.93. The third-order valence-corrected chi connectivity index (χ3v) is 6.64. The van der Waals surface area contributed by atoms with Gasteiger partial charge in [0.15, 0.2) is 0 Å². The summed E-state index contributed by atoms with van der Waals surface area (Å²) in [6.07, 6.45) is 0. The molecule has 5 heteroatoms. The lowest BCUT2D eigenvalue weighted by Crippen LogP contribution is -2.30. The summed E-state index contributed by atoms with van der Waals surface area (Å²) in [6, 6.07) is 30.6. The Balaban J connectivity index is 1.73. The molecule has 4 aromatic carbocycles. The molecule has 0 bridgehead atoms. The molecule has 170 valence electrons. The number of fused-ring (bicyclic) bond motifs is 3. The summed E-state index contributed by atoms with van der Waals surface area (Å²) in [5.41, 5.74) is 10.0. The lowest BCUT2D eigenvalue weighted by Gasteiger charge is -2.29. The predicted octanol–water partition coefficient (Wildman–Crippen LogP) is 6.07. The van der Waals surface area contributed by atoms with Crippen molar-refractivity contribution in [2.24, 2.45) is 5.84 Å². The maximum atomic E-state index is 12.2. The minimum absolute atomic E-state index is 0.299. The zero-order valence-corrected chi connectivity index (χ0v) is 19.5. The highest BCUT2D eigenvalue weighted by Gasteiger charge is 2.37. The zero-order chi connectivity index (χ0) is 23.9. The summed E-state index contributed by atoms with van der Waals surface area (Å²) in [6.45, 7) is 4.38. The standard InChI is InChI=1S/C29H27N3O2/c1-29(2)24-16-19(28(33)31-30)14-15-22(24)23-17-27(34-3)26(18-25(23)29)32(20-10-6-4-7-11-20)21-12-8-5-9-13-21/h4-18H,30H2,1-3H3,(H,31,33). The molecule has 34 heavy (non-hydrogen) atoms. The molecule has 0 heterocycles. The van der Waals surface area contributed by atoms with Crippen molar-refractivity contribution in [1.29, 1.82) is 0 Å². The number of anilines is 3. The topological polar surface area (TPSA) is 67.6 Å². The predicted molar refractivity (Wildman–Crippen MR) is 137 cm³/mol. The van der Waals surface area contributed by atoms with Crippen LogP contribution in [0.2, 0.25) is 0 Å². The van der Waals surface area contributed by atoms with E-state index >= 15 is 0 Å². The average Bonchev–Trinajstić information content (AvgIpc) is 3.10. The van der Waals surface area contributed by atoms with E-state index in [1.54, 1.807) is 7.11 Å². The lowest BCUT2D eigenvalue weighted by atomic mass is 9.81. The molecule has 5 rings (SSSR count). The Kier molecular flexibility index (Phi) is 5.34. The highest BCUT2D eigenvalue weighted by molar-refractivity contribution is 5.96. The number of nitrogens with one attached hydrogen (secondary N) is 1. The van der Waals surface area contributed by atoms with Gasteiger partial charge in [-0.3, -0.25) is 10.2 Å². The van der Waals surface area contributed by atoms with Gasteiger partial charge in [0.2, 0.25) is 0 Å². The number of carbonyl (C=O) groups is 1. The first-order valence-electron chi connectivity index (χ1n) is 11.2. The Morgan fingerprint density at radius 1 is 0.824 bits per heavy atom. The van der Waals surface area contributed by atoms with Crippen LogP contribution in [-0.2, 0) is 5.41 Å². The van der Waals surface area contributed by atoms with E-state index in [0.29, 0.717) is 5.56 Å².